The van der Waals surface area contributed by atoms with Crippen LogP contribution in [0, 0.1) is 5.92 Å². The minimum absolute atomic E-state index is 0.0112. The Morgan fingerprint density at radius 3 is 2.47 bits per heavy atom. The van der Waals surface area contributed by atoms with E-state index in [1.165, 1.54) is 43.4 Å². The SMILES string of the molecule is O=C(NC1(C2CCCCC2)CC1)c1csc(C2CCN(S(=O)(=O)CCc3ccncc3)CC2)n1. The van der Waals surface area contributed by atoms with Gasteiger partial charge in [-0.05, 0) is 68.6 Å². The number of amides is 1. The molecule has 2 aromatic heterocycles. The second-order valence-corrected chi connectivity index (χ2v) is 13.1. The number of pyridine rings is 1. The quantitative estimate of drug-likeness (QED) is 0.586. The van der Waals surface area contributed by atoms with Crippen molar-refractivity contribution in [3.05, 3.63) is 46.2 Å². The molecule has 2 aromatic rings. The largest absolute Gasteiger partial charge is 0.345 e. The van der Waals surface area contributed by atoms with Crippen LogP contribution in [0.2, 0.25) is 0 Å². The molecule has 3 aliphatic rings. The summed E-state index contributed by atoms with van der Waals surface area (Å²) in [5.41, 5.74) is 1.52. The number of aryl methyl sites for hydroxylation is 1. The van der Waals surface area contributed by atoms with Crippen molar-refractivity contribution in [3.8, 4) is 0 Å². The molecule has 7 nitrogen and oxygen atoms in total. The van der Waals surface area contributed by atoms with Crippen LogP contribution < -0.4 is 5.32 Å². The molecule has 9 heteroatoms. The number of carbonyl (C=O) groups excluding carboxylic acids is 1. The van der Waals surface area contributed by atoms with Gasteiger partial charge in [0.05, 0.1) is 10.8 Å². The number of thiazole rings is 1. The number of nitrogens with one attached hydrogen (secondary N) is 1. The van der Waals surface area contributed by atoms with Crippen LogP contribution in [0.4, 0.5) is 0 Å². The molecule has 1 N–H and O–H groups in total. The van der Waals surface area contributed by atoms with Gasteiger partial charge in [-0.3, -0.25) is 9.78 Å². The molecular weight excluding hydrogens is 468 g/mol. The van der Waals surface area contributed by atoms with E-state index >= 15 is 0 Å². The Balaban J connectivity index is 1.13. The van der Waals surface area contributed by atoms with Gasteiger partial charge in [-0.2, -0.15) is 0 Å². The summed E-state index contributed by atoms with van der Waals surface area (Å²) in [4.78, 5) is 21.6. The monoisotopic (exact) mass is 502 g/mol. The van der Waals surface area contributed by atoms with Crippen molar-refractivity contribution in [2.75, 3.05) is 18.8 Å². The second-order valence-electron chi connectivity index (χ2n) is 10.1. The summed E-state index contributed by atoms with van der Waals surface area (Å²) in [6.07, 6.45) is 13.9. The molecule has 0 aromatic carbocycles. The molecule has 0 atom stereocenters. The molecular formula is C25H34N4O3S2. The summed E-state index contributed by atoms with van der Waals surface area (Å²) in [6.45, 7) is 1.02. The maximum absolute atomic E-state index is 13.0. The van der Waals surface area contributed by atoms with Crippen LogP contribution in [-0.4, -0.2) is 53.0 Å². The molecule has 3 heterocycles. The first kappa shape index (κ1) is 23.9. The first-order valence-electron chi connectivity index (χ1n) is 12.6. The molecule has 0 unspecified atom stereocenters. The highest BCUT2D eigenvalue weighted by molar-refractivity contribution is 7.89. The highest BCUT2D eigenvalue weighted by Crippen LogP contribution is 2.48. The van der Waals surface area contributed by atoms with E-state index in [4.69, 9.17) is 0 Å². The lowest BCUT2D eigenvalue weighted by Crippen LogP contribution is -2.43. The summed E-state index contributed by atoms with van der Waals surface area (Å²) in [5.74, 6) is 0.910. The van der Waals surface area contributed by atoms with Crippen molar-refractivity contribution < 1.29 is 13.2 Å². The van der Waals surface area contributed by atoms with Crippen molar-refractivity contribution >= 4 is 27.3 Å². The number of aromatic nitrogens is 2. The molecule has 1 amide bonds. The van der Waals surface area contributed by atoms with E-state index < -0.39 is 10.0 Å². The van der Waals surface area contributed by atoms with Crippen molar-refractivity contribution in [1.29, 1.82) is 0 Å². The van der Waals surface area contributed by atoms with Gasteiger partial charge in [0.15, 0.2) is 0 Å². The maximum atomic E-state index is 13.0. The summed E-state index contributed by atoms with van der Waals surface area (Å²) < 4.78 is 27.2. The lowest BCUT2D eigenvalue weighted by Gasteiger charge is -2.31. The maximum Gasteiger partial charge on any atom is 0.271 e. The lowest BCUT2D eigenvalue weighted by molar-refractivity contribution is 0.0897. The van der Waals surface area contributed by atoms with Crippen molar-refractivity contribution in [2.45, 2.75) is 75.7 Å². The minimum Gasteiger partial charge on any atom is -0.345 e. The predicted octanol–water partition coefficient (Wildman–Crippen LogP) is 4.13. The third kappa shape index (κ3) is 5.36. The van der Waals surface area contributed by atoms with Crippen LogP contribution >= 0.6 is 11.3 Å². The molecule has 1 saturated heterocycles. The van der Waals surface area contributed by atoms with E-state index in [-0.39, 0.29) is 23.1 Å². The van der Waals surface area contributed by atoms with Crippen LogP contribution in [0.25, 0.3) is 0 Å². The van der Waals surface area contributed by atoms with Gasteiger partial charge in [-0.15, -0.1) is 11.3 Å². The van der Waals surface area contributed by atoms with E-state index in [0.29, 0.717) is 31.1 Å². The fourth-order valence-electron chi connectivity index (χ4n) is 5.60. The van der Waals surface area contributed by atoms with E-state index in [2.05, 4.69) is 15.3 Å². The first-order chi connectivity index (χ1) is 16.5. The van der Waals surface area contributed by atoms with Crippen LogP contribution in [0.5, 0.6) is 0 Å². The van der Waals surface area contributed by atoms with Gasteiger partial charge in [-0.1, -0.05) is 19.3 Å². The summed E-state index contributed by atoms with van der Waals surface area (Å²) in [7, 11) is -3.29. The van der Waals surface area contributed by atoms with Gasteiger partial charge in [-0.25, -0.2) is 17.7 Å². The van der Waals surface area contributed by atoms with Gasteiger partial charge in [0.2, 0.25) is 10.0 Å². The molecule has 34 heavy (non-hydrogen) atoms. The average molecular weight is 503 g/mol. The molecule has 184 valence electrons. The number of carbonyl (C=O) groups is 1. The molecule has 1 aliphatic heterocycles. The normalized spacial score (nSPS) is 21.9. The molecule has 0 spiro atoms. The summed E-state index contributed by atoms with van der Waals surface area (Å²) in [6, 6.07) is 3.72. The van der Waals surface area contributed by atoms with Crippen LogP contribution in [0.15, 0.2) is 29.9 Å². The average Bonchev–Trinajstić information content (AvgIpc) is 3.48. The molecule has 3 fully saturated rings. The highest BCUT2D eigenvalue weighted by Gasteiger charge is 2.50. The number of piperidine rings is 1. The van der Waals surface area contributed by atoms with Gasteiger partial charge in [0.1, 0.15) is 5.69 Å². The fraction of sp³-hybridized carbons (Fsp3) is 0.640. The molecule has 2 aliphatic carbocycles. The zero-order valence-electron chi connectivity index (χ0n) is 19.6. The molecule has 5 rings (SSSR count). The fourth-order valence-corrected chi connectivity index (χ4v) is 8.09. The number of hydrogen-bond acceptors (Lipinski definition) is 6. The Morgan fingerprint density at radius 2 is 1.79 bits per heavy atom. The van der Waals surface area contributed by atoms with Crippen LogP contribution in [0.1, 0.15) is 84.8 Å². The Labute approximate surface area is 206 Å². The van der Waals surface area contributed by atoms with E-state index in [1.54, 1.807) is 16.7 Å². The Kier molecular flexibility index (Phi) is 7.04. The van der Waals surface area contributed by atoms with Gasteiger partial charge in [0.25, 0.3) is 5.91 Å². The van der Waals surface area contributed by atoms with Gasteiger partial charge in [0, 0.05) is 42.3 Å². The van der Waals surface area contributed by atoms with Crippen LogP contribution in [-0.2, 0) is 16.4 Å². The summed E-state index contributed by atoms with van der Waals surface area (Å²) >= 11 is 1.54. The van der Waals surface area contributed by atoms with Gasteiger partial charge < -0.3 is 5.32 Å². The molecule has 2 saturated carbocycles. The van der Waals surface area contributed by atoms with E-state index in [9.17, 15) is 13.2 Å². The Hall–Kier alpha value is -1.84. The Morgan fingerprint density at radius 1 is 1.09 bits per heavy atom. The third-order valence-electron chi connectivity index (χ3n) is 7.89. The minimum atomic E-state index is -3.29. The van der Waals surface area contributed by atoms with Crippen molar-refractivity contribution in [3.63, 3.8) is 0 Å². The Bertz CT molecular complexity index is 1080. The lowest BCUT2D eigenvalue weighted by atomic mass is 9.82. The number of nitrogens with zero attached hydrogens (tertiary/aromatic N) is 3. The zero-order valence-corrected chi connectivity index (χ0v) is 21.2. The first-order valence-corrected chi connectivity index (χ1v) is 15.1. The standard InChI is InChI=1S/C25H34N4O3S2/c30-23(28-25(11-12-25)21-4-2-1-3-5-21)22-18-33-24(27-22)20-8-15-29(16-9-20)34(31,32)17-10-19-6-13-26-14-7-19/h6-7,13-14,18,20-21H,1-5,8-12,15-17H2,(H,28,30). The highest BCUT2D eigenvalue weighted by atomic mass is 32.2. The summed E-state index contributed by atoms with van der Waals surface area (Å²) in [5, 5.41) is 6.17. The topological polar surface area (TPSA) is 92.3 Å². The van der Waals surface area contributed by atoms with Crippen molar-refractivity contribution in [1.82, 2.24) is 19.6 Å². The number of sulfonamides is 1. The van der Waals surface area contributed by atoms with Gasteiger partial charge >= 0.3 is 0 Å². The second kappa shape index (κ2) is 10.0. The smallest absolute Gasteiger partial charge is 0.271 e. The molecule has 0 bridgehead atoms. The van der Waals surface area contributed by atoms with E-state index in [1.807, 2.05) is 17.5 Å². The molecule has 0 radical (unpaired) electrons. The number of rotatable bonds is 8. The predicted molar refractivity (Wildman–Crippen MR) is 133 cm³/mol. The van der Waals surface area contributed by atoms with E-state index in [0.717, 1.165) is 36.3 Å². The third-order valence-corrected chi connectivity index (χ3v) is 10.8. The van der Waals surface area contributed by atoms with Crippen molar-refractivity contribution in [2.24, 2.45) is 5.92 Å². The van der Waals surface area contributed by atoms with Crippen LogP contribution in [0.3, 0.4) is 0 Å². The number of hydrogen-bond donors (Lipinski definition) is 1. The zero-order chi connectivity index (χ0) is 23.6.